The molecule has 1 atom stereocenters. The van der Waals surface area contributed by atoms with Gasteiger partial charge in [0.2, 0.25) is 0 Å². The molecule has 1 aliphatic rings. The van der Waals surface area contributed by atoms with E-state index in [9.17, 15) is 10.1 Å². The number of hydrogen-bond donors (Lipinski definition) is 2. The van der Waals surface area contributed by atoms with Gasteiger partial charge in [0.15, 0.2) is 5.11 Å². The standard InChI is InChI=1S/C12H15N3O3S/c16-15(17)10-4-1-3-9(7-10)14-12(19)13-8-11-5-2-6-18-11/h1,3-4,7,11H,2,5-6,8H2,(H2,13,14,19)/t11-/m0/s1. The maximum Gasteiger partial charge on any atom is 0.271 e. The molecule has 19 heavy (non-hydrogen) atoms. The summed E-state index contributed by atoms with van der Waals surface area (Å²) in [6.45, 7) is 1.46. The van der Waals surface area contributed by atoms with Crippen LogP contribution in [0, 0.1) is 10.1 Å². The number of nitro groups is 1. The van der Waals surface area contributed by atoms with Crippen LogP contribution >= 0.6 is 12.2 Å². The van der Waals surface area contributed by atoms with Crippen molar-refractivity contribution in [2.75, 3.05) is 18.5 Å². The number of anilines is 1. The molecule has 1 heterocycles. The molecule has 2 N–H and O–H groups in total. The highest BCUT2D eigenvalue weighted by Crippen LogP contribution is 2.17. The highest BCUT2D eigenvalue weighted by Gasteiger charge is 2.15. The summed E-state index contributed by atoms with van der Waals surface area (Å²) in [6, 6.07) is 6.23. The zero-order chi connectivity index (χ0) is 13.7. The second-order valence-corrected chi connectivity index (χ2v) is 4.69. The Morgan fingerprint density at radius 2 is 2.42 bits per heavy atom. The highest BCUT2D eigenvalue weighted by atomic mass is 32.1. The SMILES string of the molecule is O=[N+]([O-])c1cccc(NC(=S)NC[C@@H]2CCCO2)c1. The molecule has 6 nitrogen and oxygen atoms in total. The van der Waals surface area contributed by atoms with Gasteiger partial charge in [-0.05, 0) is 31.1 Å². The van der Waals surface area contributed by atoms with Gasteiger partial charge in [-0.3, -0.25) is 10.1 Å². The number of thiocarbonyl (C=S) groups is 1. The number of nitrogens with one attached hydrogen (secondary N) is 2. The number of benzene rings is 1. The fourth-order valence-electron chi connectivity index (χ4n) is 1.88. The topological polar surface area (TPSA) is 76.4 Å². The first-order chi connectivity index (χ1) is 9.15. The fraction of sp³-hybridized carbons (Fsp3) is 0.417. The molecule has 0 radical (unpaired) electrons. The molecule has 7 heteroatoms. The average molecular weight is 281 g/mol. The van der Waals surface area contributed by atoms with Crippen molar-refractivity contribution in [3.8, 4) is 0 Å². The van der Waals surface area contributed by atoms with Crippen LogP contribution in [0.15, 0.2) is 24.3 Å². The lowest BCUT2D eigenvalue weighted by molar-refractivity contribution is -0.384. The molecule has 0 aromatic heterocycles. The van der Waals surface area contributed by atoms with E-state index in [1.807, 2.05) is 0 Å². The zero-order valence-corrected chi connectivity index (χ0v) is 11.1. The summed E-state index contributed by atoms with van der Waals surface area (Å²) < 4.78 is 5.46. The summed E-state index contributed by atoms with van der Waals surface area (Å²) >= 11 is 5.13. The van der Waals surface area contributed by atoms with Crippen molar-refractivity contribution in [3.63, 3.8) is 0 Å². The molecule has 0 bridgehead atoms. The number of rotatable bonds is 4. The van der Waals surface area contributed by atoms with E-state index in [0.29, 0.717) is 17.3 Å². The largest absolute Gasteiger partial charge is 0.376 e. The molecule has 0 amide bonds. The van der Waals surface area contributed by atoms with E-state index < -0.39 is 4.92 Å². The second kappa shape index (κ2) is 6.44. The Morgan fingerprint density at radius 1 is 1.58 bits per heavy atom. The van der Waals surface area contributed by atoms with E-state index in [1.54, 1.807) is 12.1 Å². The summed E-state index contributed by atoms with van der Waals surface area (Å²) in [5.74, 6) is 0. The molecule has 1 aliphatic heterocycles. The van der Waals surface area contributed by atoms with Crippen molar-refractivity contribution in [1.82, 2.24) is 5.32 Å². The van der Waals surface area contributed by atoms with Gasteiger partial charge >= 0.3 is 0 Å². The van der Waals surface area contributed by atoms with Crippen LogP contribution in [0.1, 0.15) is 12.8 Å². The van der Waals surface area contributed by atoms with E-state index >= 15 is 0 Å². The van der Waals surface area contributed by atoms with Crippen LogP contribution in [-0.4, -0.2) is 29.3 Å². The predicted octanol–water partition coefficient (Wildman–Crippen LogP) is 2.06. The molecule has 0 saturated carbocycles. The highest BCUT2D eigenvalue weighted by molar-refractivity contribution is 7.80. The molecule has 1 aromatic carbocycles. The van der Waals surface area contributed by atoms with Crippen LogP contribution in [0.4, 0.5) is 11.4 Å². The van der Waals surface area contributed by atoms with E-state index in [4.69, 9.17) is 17.0 Å². The maximum atomic E-state index is 10.7. The van der Waals surface area contributed by atoms with Crippen molar-refractivity contribution < 1.29 is 9.66 Å². The van der Waals surface area contributed by atoms with Gasteiger partial charge in [0, 0.05) is 31.0 Å². The quantitative estimate of drug-likeness (QED) is 0.500. The Bertz CT molecular complexity index is 475. The predicted molar refractivity (Wildman–Crippen MR) is 76.3 cm³/mol. The van der Waals surface area contributed by atoms with E-state index in [1.165, 1.54) is 12.1 Å². The average Bonchev–Trinajstić information content (AvgIpc) is 2.90. The zero-order valence-electron chi connectivity index (χ0n) is 10.3. The van der Waals surface area contributed by atoms with Gasteiger partial charge in [-0.2, -0.15) is 0 Å². The lowest BCUT2D eigenvalue weighted by atomic mass is 10.2. The smallest absolute Gasteiger partial charge is 0.271 e. The van der Waals surface area contributed by atoms with Crippen LogP contribution in [0.3, 0.4) is 0 Å². The van der Waals surface area contributed by atoms with Crippen LogP contribution in [0.5, 0.6) is 0 Å². The third-order valence-corrected chi connectivity index (χ3v) is 3.08. The monoisotopic (exact) mass is 281 g/mol. The first kappa shape index (κ1) is 13.7. The lowest BCUT2D eigenvalue weighted by Gasteiger charge is -2.13. The third-order valence-electron chi connectivity index (χ3n) is 2.83. The molecule has 102 valence electrons. The van der Waals surface area contributed by atoms with Crippen molar-refractivity contribution >= 4 is 28.7 Å². The first-order valence-electron chi connectivity index (χ1n) is 6.06. The molecule has 0 spiro atoms. The van der Waals surface area contributed by atoms with Crippen molar-refractivity contribution in [2.24, 2.45) is 0 Å². The molecule has 1 saturated heterocycles. The van der Waals surface area contributed by atoms with Gasteiger partial charge in [0.05, 0.1) is 11.0 Å². The molecule has 1 aromatic rings. The number of nitro benzene ring substituents is 1. The molecule has 2 rings (SSSR count). The summed E-state index contributed by atoms with van der Waals surface area (Å²) in [4.78, 5) is 10.2. The Labute approximate surface area is 116 Å². The van der Waals surface area contributed by atoms with Crippen LogP contribution < -0.4 is 10.6 Å². The molecular weight excluding hydrogens is 266 g/mol. The van der Waals surface area contributed by atoms with Crippen molar-refractivity contribution in [2.45, 2.75) is 18.9 Å². The molecule has 1 fully saturated rings. The molecular formula is C12H15N3O3S. The number of nitrogens with zero attached hydrogens (tertiary/aromatic N) is 1. The van der Waals surface area contributed by atoms with Gasteiger partial charge in [-0.25, -0.2) is 0 Å². The van der Waals surface area contributed by atoms with Crippen LogP contribution in [-0.2, 0) is 4.74 Å². The number of hydrogen-bond acceptors (Lipinski definition) is 4. The van der Waals surface area contributed by atoms with Gasteiger partial charge < -0.3 is 15.4 Å². The first-order valence-corrected chi connectivity index (χ1v) is 6.47. The minimum Gasteiger partial charge on any atom is -0.376 e. The van der Waals surface area contributed by atoms with E-state index in [-0.39, 0.29) is 11.8 Å². The van der Waals surface area contributed by atoms with Crippen LogP contribution in [0.25, 0.3) is 0 Å². The van der Waals surface area contributed by atoms with Crippen molar-refractivity contribution in [3.05, 3.63) is 34.4 Å². The number of non-ortho nitro benzene ring substituents is 1. The summed E-state index contributed by atoms with van der Waals surface area (Å²) in [7, 11) is 0. The van der Waals surface area contributed by atoms with Crippen LogP contribution in [0.2, 0.25) is 0 Å². The summed E-state index contributed by atoms with van der Waals surface area (Å²) in [5.41, 5.74) is 0.631. The maximum absolute atomic E-state index is 10.7. The van der Waals surface area contributed by atoms with Gasteiger partial charge in [-0.1, -0.05) is 6.07 Å². The Kier molecular flexibility index (Phi) is 4.64. The molecule has 0 aliphatic carbocycles. The summed E-state index contributed by atoms with van der Waals surface area (Å²) in [6.07, 6.45) is 2.31. The van der Waals surface area contributed by atoms with E-state index in [2.05, 4.69) is 10.6 Å². The van der Waals surface area contributed by atoms with E-state index in [0.717, 1.165) is 19.4 Å². The second-order valence-electron chi connectivity index (χ2n) is 4.28. The number of ether oxygens (including phenoxy) is 1. The third kappa shape index (κ3) is 4.15. The van der Waals surface area contributed by atoms with Gasteiger partial charge in [0.25, 0.3) is 5.69 Å². The fourth-order valence-corrected chi connectivity index (χ4v) is 2.09. The Balaban J connectivity index is 1.84. The Hall–Kier alpha value is -1.73. The summed E-state index contributed by atoms with van der Waals surface area (Å²) in [5, 5.41) is 17.1. The minimum absolute atomic E-state index is 0.0342. The minimum atomic E-state index is -0.436. The Morgan fingerprint density at radius 3 is 3.11 bits per heavy atom. The lowest BCUT2D eigenvalue weighted by Crippen LogP contribution is -2.34. The van der Waals surface area contributed by atoms with Crippen molar-refractivity contribution in [1.29, 1.82) is 0 Å². The van der Waals surface area contributed by atoms with Gasteiger partial charge in [-0.15, -0.1) is 0 Å². The molecule has 0 unspecified atom stereocenters. The normalized spacial score (nSPS) is 18.0. The van der Waals surface area contributed by atoms with Gasteiger partial charge in [0.1, 0.15) is 0 Å².